The van der Waals surface area contributed by atoms with Crippen molar-refractivity contribution in [3.63, 3.8) is 0 Å². The average Bonchev–Trinajstić information content (AvgIpc) is 2.64. The van der Waals surface area contributed by atoms with Gasteiger partial charge in [0.15, 0.2) is 0 Å². The van der Waals surface area contributed by atoms with Gasteiger partial charge in [-0.3, -0.25) is 0 Å². The van der Waals surface area contributed by atoms with Crippen LogP contribution in [-0.4, -0.2) is 40.3 Å². The molecule has 0 saturated heterocycles. The van der Waals surface area contributed by atoms with Gasteiger partial charge in [-0.05, 0) is 96.3 Å². The van der Waals surface area contributed by atoms with Crippen LogP contribution in [-0.2, 0) is 11.4 Å². The van der Waals surface area contributed by atoms with Crippen molar-refractivity contribution in [3.05, 3.63) is 23.3 Å². The van der Waals surface area contributed by atoms with Crippen LogP contribution in [0.2, 0.25) is 0 Å². The van der Waals surface area contributed by atoms with Crippen LogP contribution in [0.25, 0.3) is 0 Å². The van der Waals surface area contributed by atoms with Crippen molar-refractivity contribution < 1.29 is 4.55 Å². The van der Waals surface area contributed by atoms with Crippen LogP contribution < -0.4 is 5.32 Å². The average molecular weight is 407 g/mol. The van der Waals surface area contributed by atoms with Crippen molar-refractivity contribution in [2.24, 2.45) is 23.7 Å². The topological polar surface area (TPSA) is 38.3 Å². The van der Waals surface area contributed by atoms with Gasteiger partial charge in [0, 0.05) is 23.9 Å². The van der Waals surface area contributed by atoms with Crippen molar-refractivity contribution in [1.82, 2.24) is 9.62 Å². The summed E-state index contributed by atoms with van der Waals surface area (Å²) in [5.74, 6) is 4.60. The number of nitrogens with zero attached hydrogens (tertiary/aromatic N) is 1. The first-order valence-electron chi connectivity index (χ1n) is 11.6. The molecule has 0 amide bonds. The van der Waals surface area contributed by atoms with Crippen LogP contribution in [0.15, 0.2) is 23.3 Å². The molecule has 0 aromatic heterocycles. The minimum atomic E-state index is -0.868. The first-order valence-corrected chi connectivity index (χ1v) is 12.9. The highest BCUT2D eigenvalue weighted by Crippen LogP contribution is 2.53. The van der Waals surface area contributed by atoms with Crippen molar-refractivity contribution in [2.45, 2.75) is 78.7 Å². The molecule has 3 nitrogen and oxygen atoms in total. The Morgan fingerprint density at radius 2 is 1.68 bits per heavy atom. The van der Waals surface area contributed by atoms with Crippen molar-refractivity contribution in [2.75, 3.05) is 25.4 Å². The summed E-state index contributed by atoms with van der Waals surface area (Å²) in [6.07, 6.45) is 14.2. The molecule has 1 N–H and O–H groups in total. The van der Waals surface area contributed by atoms with Gasteiger partial charge in [-0.2, -0.15) is 0 Å². The predicted octanol–water partition coefficient (Wildman–Crippen LogP) is 5.08. The van der Waals surface area contributed by atoms with Gasteiger partial charge in [-0.25, -0.2) is 0 Å². The van der Waals surface area contributed by atoms with Gasteiger partial charge in [-0.1, -0.05) is 23.3 Å². The molecule has 4 rings (SSSR count). The van der Waals surface area contributed by atoms with E-state index in [4.69, 9.17) is 0 Å². The number of nitrogens with one attached hydrogen (secondary N) is 1. The quantitative estimate of drug-likeness (QED) is 0.384. The lowest BCUT2D eigenvalue weighted by atomic mass is 9.54. The van der Waals surface area contributed by atoms with Crippen molar-refractivity contribution in [3.8, 4) is 0 Å². The van der Waals surface area contributed by atoms with Crippen LogP contribution in [0, 0.1) is 23.7 Å². The highest BCUT2D eigenvalue weighted by molar-refractivity contribution is 7.89. The molecule has 4 aliphatic carbocycles. The highest BCUT2D eigenvalue weighted by atomic mass is 32.2. The van der Waals surface area contributed by atoms with Gasteiger partial charge in [-0.15, -0.1) is 4.31 Å². The third-order valence-electron chi connectivity index (χ3n) is 7.24. The summed E-state index contributed by atoms with van der Waals surface area (Å²) < 4.78 is 14.7. The number of hydrogen-bond donors (Lipinski definition) is 1. The zero-order chi connectivity index (χ0) is 20.1. The summed E-state index contributed by atoms with van der Waals surface area (Å²) >= 11 is -0.868. The minimum absolute atomic E-state index is 0.711. The van der Waals surface area contributed by atoms with E-state index in [1.165, 1.54) is 43.3 Å². The standard InChI is InChI=1S/C24H42N2OS/c1-5-28(27)26(11-9-19(4)8-6-7-18(2)3)12-10-25-24-22-14-20-13-21(16-22)17-23(24)15-20/h7,9,20-25H,5-6,8,10-17H2,1-4H3/b19-9+. The summed E-state index contributed by atoms with van der Waals surface area (Å²) in [4.78, 5) is 0. The maximum atomic E-state index is 12.5. The van der Waals surface area contributed by atoms with E-state index in [1.807, 2.05) is 6.92 Å². The lowest BCUT2D eigenvalue weighted by Crippen LogP contribution is -2.55. The van der Waals surface area contributed by atoms with Crippen LogP contribution in [0.5, 0.6) is 0 Å². The Labute approximate surface area is 176 Å². The maximum absolute atomic E-state index is 12.5. The minimum Gasteiger partial charge on any atom is -0.598 e. The van der Waals surface area contributed by atoms with Crippen LogP contribution >= 0.6 is 0 Å². The second kappa shape index (κ2) is 10.7. The van der Waals surface area contributed by atoms with E-state index in [9.17, 15) is 4.55 Å². The molecule has 28 heavy (non-hydrogen) atoms. The summed E-state index contributed by atoms with van der Waals surface area (Å²) in [6.45, 7) is 11.2. The Morgan fingerprint density at radius 3 is 2.25 bits per heavy atom. The molecular formula is C24H42N2OS. The van der Waals surface area contributed by atoms with E-state index in [0.29, 0.717) is 5.75 Å². The zero-order valence-corrected chi connectivity index (χ0v) is 19.4. The number of allylic oxidation sites excluding steroid dienone is 3. The van der Waals surface area contributed by atoms with Crippen LogP contribution in [0.1, 0.15) is 72.6 Å². The molecule has 4 bridgehead atoms. The van der Waals surface area contributed by atoms with Gasteiger partial charge in [0.25, 0.3) is 0 Å². The van der Waals surface area contributed by atoms with E-state index in [2.05, 4.69) is 42.5 Å². The summed E-state index contributed by atoms with van der Waals surface area (Å²) in [7, 11) is 0. The van der Waals surface area contributed by atoms with Gasteiger partial charge >= 0.3 is 0 Å². The molecule has 0 aromatic rings. The smallest absolute Gasteiger partial charge is 0.123 e. The highest BCUT2D eigenvalue weighted by Gasteiger charge is 2.47. The fourth-order valence-corrected chi connectivity index (χ4v) is 6.92. The largest absolute Gasteiger partial charge is 0.598 e. The number of rotatable bonds is 11. The van der Waals surface area contributed by atoms with E-state index in [0.717, 1.165) is 62.2 Å². The van der Waals surface area contributed by atoms with Crippen LogP contribution in [0.3, 0.4) is 0 Å². The predicted molar refractivity (Wildman–Crippen MR) is 122 cm³/mol. The van der Waals surface area contributed by atoms with Crippen molar-refractivity contribution in [1.29, 1.82) is 0 Å². The summed E-state index contributed by atoms with van der Waals surface area (Å²) in [6, 6.07) is 0.728. The molecule has 0 aliphatic heterocycles. The van der Waals surface area contributed by atoms with E-state index < -0.39 is 11.4 Å². The Kier molecular flexibility index (Phi) is 8.52. The molecule has 0 heterocycles. The van der Waals surface area contributed by atoms with Crippen LogP contribution in [0.4, 0.5) is 0 Å². The molecule has 4 aliphatic rings. The molecule has 4 saturated carbocycles. The SMILES string of the molecule is CC[S+]([O-])N(C/C=C(\C)CCC=C(C)C)CCNC1C2CC3CC(C2)CC1C3. The second-order valence-electron chi connectivity index (χ2n) is 9.78. The van der Waals surface area contributed by atoms with E-state index in [1.54, 1.807) is 0 Å². The lowest BCUT2D eigenvalue weighted by Gasteiger charge is -2.54. The molecule has 4 fully saturated rings. The lowest BCUT2D eigenvalue weighted by molar-refractivity contribution is -0.0136. The van der Waals surface area contributed by atoms with E-state index in [-0.39, 0.29) is 0 Å². The Hall–Kier alpha value is -0.290. The first-order chi connectivity index (χ1) is 13.5. The first kappa shape index (κ1) is 22.4. The Morgan fingerprint density at radius 1 is 1.04 bits per heavy atom. The molecular weight excluding hydrogens is 364 g/mol. The molecule has 1 unspecified atom stereocenters. The fraction of sp³-hybridized carbons (Fsp3) is 0.833. The maximum Gasteiger partial charge on any atom is 0.123 e. The third kappa shape index (κ3) is 6.10. The second-order valence-corrected chi connectivity index (χ2v) is 11.5. The summed E-state index contributed by atoms with van der Waals surface area (Å²) in [5, 5.41) is 3.90. The molecule has 1 atom stereocenters. The number of hydrogen-bond acceptors (Lipinski definition) is 3. The van der Waals surface area contributed by atoms with E-state index >= 15 is 0 Å². The summed E-state index contributed by atoms with van der Waals surface area (Å²) in [5.41, 5.74) is 2.79. The fourth-order valence-electron chi connectivity index (χ4n) is 6.02. The molecule has 0 spiro atoms. The third-order valence-corrected chi connectivity index (χ3v) is 8.64. The monoisotopic (exact) mass is 406 g/mol. The van der Waals surface area contributed by atoms with Gasteiger partial charge < -0.3 is 9.87 Å². The molecule has 160 valence electrons. The molecule has 0 radical (unpaired) electrons. The van der Waals surface area contributed by atoms with Gasteiger partial charge in [0.1, 0.15) is 5.75 Å². The molecule has 0 aromatic carbocycles. The Balaban J connectivity index is 1.44. The zero-order valence-electron chi connectivity index (χ0n) is 18.6. The Bertz CT molecular complexity index is 527. The normalized spacial score (nSPS) is 32.8. The molecule has 4 heteroatoms. The van der Waals surface area contributed by atoms with Crippen molar-refractivity contribution >= 4 is 11.4 Å². The van der Waals surface area contributed by atoms with Gasteiger partial charge in [0.2, 0.25) is 0 Å². The van der Waals surface area contributed by atoms with Gasteiger partial charge in [0.05, 0.1) is 13.1 Å².